The maximum atomic E-state index is 11.9. The van der Waals surface area contributed by atoms with Gasteiger partial charge in [-0.05, 0) is 52.5 Å². The zero-order valence-electron chi connectivity index (χ0n) is 12.9. The lowest BCUT2D eigenvalue weighted by molar-refractivity contribution is -0.117. The van der Waals surface area contributed by atoms with Gasteiger partial charge in [-0.1, -0.05) is 6.58 Å². The molecule has 1 aliphatic rings. The van der Waals surface area contributed by atoms with E-state index in [9.17, 15) is 9.59 Å². The first-order valence-electron chi connectivity index (χ1n) is 7.14. The molecule has 0 radical (unpaired) electrons. The highest BCUT2D eigenvalue weighted by Crippen LogP contribution is 2.22. The molecule has 1 aliphatic heterocycles. The van der Waals surface area contributed by atoms with Crippen LogP contribution in [0.15, 0.2) is 12.7 Å². The van der Waals surface area contributed by atoms with Gasteiger partial charge in [-0.15, -0.1) is 0 Å². The zero-order valence-corrected chi connectivity index (χ0v) is 12.9. The lowest BCUT2D eigenvalue weighted by atomic mass is 9.90. The predicted octanol–water partition coefficient (Wildman–Crippen LogP) is 2.32. The van der Waals surface area contributed by atoms with Gasteiger partial charge in [-0.2, -0.15) is 0 Å². The number of ether oxygens (including phenoxy) is 1. The van der Waals surface area contributed by atoms with Crippen molar-refractivity contribution in [1.29, 1.82) is 0 Å². The second-order valence-electron chi connectivity index (χ2n) is 6.31. The average molecular weight is 282 g/mol. The van der Waals surface area contributed by atoms with Crippen LogP contribution in [0.5, 0.6) is 0 Å². The number of rotatable bonds is 3. The Kier molecular flexibility index (Phi) is 5.60. The highest BCUT2D eigenvalue weighted by atomic mass is 16.6. The first-order valence-corrected chi connectivity index (χ1v) is 7.14. The minimum absolute atomic E-state index is 0.0984. The second-order valence-corrected chi connectivity index (χ2v) is 6.31. The Bertz CT molecular complexity index is 366. The molecule has 0 saturated carbocycles. The van der Waals surface area contributed by atoms with Gasteiger partial charge in [0.1, 0.15) is 5.60 Å². The van der Waals surface area contributed by atoms with E-state index in [1.165, 1.54) is 6.08 Å². The molecule has 1 saturated heterocycles. The number of amides is 2. The SMILES string of the molecule is C=CC(=O)N[C@@H](C)C1CCN(C(=O)OC(C)(C)C)CC1. The molecule has 0 aromatic rings. The second kappa shape index (κ2) is 6.77. The van der Waals surface area contributed by atoms with E-state index in [0.29, 0.717) is 19.0 Å². The fourth-order valence-electron chi connectivity index (χ4n) is 2.31. The third kappa shape index (κ3) is 5.23. The van der Waals surface area contributed by atoms with Crippen LogP contribution in [0.25, 0.3) is 0 Å². The van der Waals surface area contributed by atoms with Gasteiger partial charge in [-0.25, -0.2) is 4.79 Å². The molecule has 0 aliphatic carbocycles. The Hall–Kier alpha value is -1.52. The van der Waals surface area contributed by atoms with E-state index in [-0.39, 0.29) is 18.0 Å². The van der Waals surface area contributed by atoms with Crippen molar-refractivity contribution in [3.05, 3.63) is 12.7 Å². The predicted molar refractivity (Wildman–Crippen MR) is 78.3 cm³/mol. The number of carbonyl (C=O) groups is 2. The number of likely N-dealkylation sites (tertiary alicyclic amines) is 1. The molecular weight excluding hydrogens is 256 g/mol. The summed E-state index contributed by atoms with van der Waals surface area (Å²) in [5.74, 6) is 0.240. The summed E-state index contributed by atoms with van der Waals surface area (Å²) in [5, 5.41) is 2.89. The summed E-state index contributed by atoms with van der Waals surface area (Å²) >= 11 is 0. The third-order valence-corrected chi connectivity index (χ3v) is 3.45. The Balaban J connectivity index is 2.41. The molecule has 1 atom stereocenters. The summed E-state index contributed by atoms with van der Waals surface area (Å²) < 4.78 is 5.36. The first kappa shape index (κ1) is 16.5. The normalized spacial score (nSPS) is 18.3. The summed E-state index contributed by atoms with van der Waals surface area (Å²) in [4.78, 5) is 25.0. The van der Waals surface area contributed by atoms with Gasteiger partial charge in [0, 0.05) is 19.1 Å². The Morgan fingerprint density at radius 1 is 1.35 bits per heavy atom. The van der Waals surface area contributed by atoms with Crippen LogP contribution in [-0.2, 0) is 9.53 Å². The van der Waals surface area contributed by atoms with Crippen LogP contribution in [-0.4, -0.2) is 41.6 Å². The molecule has 5 heteroatoms. The van der Waals surface area contributed by atoms with Crippen LogP contribution in [0.4, 0.5) is 4.79 Å². The number of hydrogen-bond donors (Lipinski definition) is 1. The lowest BCUT2D eigenvalue weighted by Gasteiger charge is -2.35. The maximum absolute atomic E-state index is 11.9. The molecule has 1 rings (SSSR count). The highest BCUT2D eigenvalue weighted by Gasteiger charge is 2.29. The van der Waals surface area contributed by atoms with Gasteiger partial charge < -0.3 is 15.0 Å². The van der Waals surface area contributed by atoms with Crippen LogP contribution >= 0.6 is 0 Å². The van der Waals surface area contributed by atoms with Gasteiger partial charge in [0.25, 0.3) is 0 Å². The molecule has 1 heterocycles. The van der Waals surface area contributed by atoms with Crippen LogP contribution < -0.4 is 5.32 Å². The topological polar surface area (TPSA) is 58.6 Å². The number of carbonyl (C=O) groups excluding carboxylic acids is 2. The molecule has 114 valence electrons. The van der Waals surface area contributed by atoms with Crippen molar-refractivity contribution < 1.29 is 14.3 Å². The van der Waals surface area contributed by atoms with Gasteiger partial charge in [0.05, 0.1) is 0 Å². The summed E-state index contributed by atoms with van der Waals surface area (Å²) in [6.07, 6.45) is 2.78. The fourth-order valence-corrected chi connectivity index (χ4v) is 2.31. The molecule has 20 heavy (non-hydrogen) atoms. The largest absolute Gasteiger partial charge is 0.444 e. The standard InChI is InChI=1S/C15H26N2O3/c1-6-13(18)16-11(2)12-7-9-17(10-8-12)14(19)20-15(3,4)5/h6,11-12H,1,7-10H2,2-5H3,(H,16,18)/t11-/m0/s1. The molecule has 0 bridgehead atoms. The Morgan fingerprint density at radius 3 is 2.35 bits per heavy atom. The molecule has 1 N–H and O–H groups in total. The molecule has 0 unspecified atom stereocenters. The van der Waals surface area contributed by atoms with Crippen LogP contribution in [0.1, 0.15) is 40.5 Å². The van der Waals surface area contributed by atoms with Crippen LogP contribution in [0.3, 0.4) is 0 Å². The number of nitrogens with zero attached hydrogens (tertiary/aromatic N) is 1. The quantitative estimate of drug-likeness (QED) is 0.808. The average Bonchev–Trinajstić information content (AvgIpc) is 2.36. The fraction of sp³-hybridized carbons (Fsp3) is 0.733. The van der Waals surface area contributed by atoms with E-state index in [1.54, 1.807) is 4.90 Å². The van der Waals surface area contributed by atoms with E-state index < -0.39 is 5.60 Å². The minimum atomic E-state index is -0.459. The van der Waals surface area contributed by atoms with Gasteiger partial charge >= 0.3 is 6.09 Å². The number of hydrogen-bond acceptors (Lipinski definition) is 3. The van der Waals surface area contributed by atoms with Gasteiger partial charge in [0.15, 0.2) is 0 Å². The van der Waals surface area contributed by atoms with Crippen molar-refractivity contribution in [2.75, 3.05) is 13.1 Å². The molecule has 0 spiro atoms. The minimum Gasteiger partial charge on any atom is -0.444 e. The van der Waals surface area contributed by atoms with E-state index in [1.807, 2.05) is 27.7 Å². The number of piperidine rings is 1. The van der Waals surface area contributed by atoms with Crippen molar-refractivity contribution in [2.45, 2.75) is 52.2 Å². The third-order valence-electron chi connectivity index (χ3n) is 3.45. The summed E-state index contributed by atoms with van der Waals surface area (Å²) in [6.45, 7) is 12.4. The summed E-state index contributed by atoms with van der Waals surface area (Å²) in [6, 6.07) is 0.0984. The van der Waals surface area contributed by atoms with Crippen molar-refractivity contribution in [1.82, 2.24) is 10.2 Å². The van der Waals surface area contributed by atoms with E-state index in [0.717, 1.165) is 12.8 Å². The maximum Gasteiger partial charge on any atom is 0.410 e. The van der Waals surface area contributed by atoms with E-state index >= 15 is 0 Å². The van der Waals surface area contributed by atoms with Crippen molar-refractivity contribution in [3.63, 3.8) is 0 Å². The highest BCUT2D eigenvalue weighted by molar-refractivity contribution is 5.87. The van der Waals surface area contributed by atoms with Gasteiger partial charge in [-0.3, -0.25) is 4.79 Å². The summed E-state index contributed by atoms with van der Waals surface area (Å²) in [5.41, 5.74) is -0.459. The van der Waals surface area contributed by atoms with Crippen LogP contribution in [0, 0.1) is 5.92 Å². The Morgan fingerprint density at radius 2 is 1.90 bits per heavy atom. The van der Waals surface area contributed by atoms with Gasteiger partial charge in [0.2, 0.25) is 5.91 Å². The van der Waals surface area contributed by atoms with Crippen molar-refractivity contribution >= 4 is 12.0 Å². The molecule has 2 amide bonds. The van der Waals surface area contributed by atoms with E-state index in [4.69, 9.17) is 4.74 Å². The summed E-state index contributed by atoms with van der Waals surface area (Å²) in [7, 11) is 0. The van der Waals surface area contributed by atoms with Crippen molar-refractivity contribution in [3.8, 4) is 0 Å². The zero-order chi connectivity index (χ0) is 15.3. The number of nitrogens with one attached hydrogen (secondary N) is 1. The lowest BCUT2D eigenvalue weighted by Crippen LogP contribution is -2.46. The van der Waals surface area contributed by atoms with Crippen LogP contribution in [0.2, 0.25) is 0 Å². The first-order chi connectivity index (χ1) is 9.23. The molecular formula is C15H26N2O3. The molecule has 0 aromatic carbocycles. The Labute approximate surface area is 121 Å². The monoisotopic (exact) mass is 282 g/mol. The molecule has 0 aromatic heterocycles. The smallest absolute Gasteiger partial charge is 0.410 e. The molecule has 5 nitrogen and oxygen atoms in total. The molecule has 1 fully saturated rings. The van der Waals surface area contributed by atoms with E-state index in [2.05, 4.69) is 11.9 Å². The van der Waals surface area contributed by atoms with Crippen molar-refractivity contribution in [2.24, 2.45) is 5.92 Å².